The van der Waals surface area contributed by atoms with E-state index in [0.29, 0.717) is 17.0 Å². The van der Waals surface area contributed by atoms with Crippen LogP contribution >= 0.6 is 0 Å². The molecule has 0 saturated carbocycles. The Kier molecular flexibility index (Phi) is 4.98. The molecule has 2 saturated heterocycles. The van der Waals surface area contributed by atoms with Gasteiger partial charge in [0.15, 0.2) is 0 Å². The average Bonchev–Trinajstić information content (AvgIpc) is 3.37. The highest BCUT2D eigenvalue weighted by molar-refractivity contribution is 6.15. The van der Waals surface area contributed by atoms with E-state index in [2.05, 4.69) is 10.6 Å². The number of carbonyl (C=O) groups is 4. The maximum Gasteiger partial charge on any atom is 0.250 e. The zero-order valence-electron chi connectivity index (χ0n) is 19.2. The van der Waals surface area contributed by atoms with Gasteiger partial charge in [-0.25, -0.2) is 0 Å². The number of benzene rings is 2. The third-order valence-electron chi connectivity index (χ3n) is 7.43. The van der Waals surface area contributed by atoms with Gasteiger partial charge in [-0.2, -0.15) is 0 Å². The second-order valence-electron chi connectivity index (χ2n) is 9.23. The maximum absolute atomic E-state index is 13.8. The highest BCUT2D eigenvalue weighted by Crippen LogP contribution is 2.54. The monoisotopic (exact) mass is 462 g/mol. The minimum absolute atomic E-state index is 0.0649. The molecule has 5 rings (SSSR count). The molecule has 4 N–H and O–H groups in total. The van der Waals surface area contributed by atoms with Gasteiger partial charge < -0.3 is 15.8 Å². The number of carbonyl (C=O) groups excluding carboxylic acids is 4. The fourth-order valence-corrected chi connectivity index (χ4v) is 5.64. The predicted molar refractivity (Wildman–Crippen MR) is 122 cm³/mol. The molecule has 0 bridgehead atoms. The molecule has 2 fully saturated rings. The van der Waals surface area contributed by atoms with Gasteiger partial charge in [-0.1, -0.05) is 24.3 Å². The Morgan fingerprint density at radius 3 is 2.44 bits per heavy atom. The lowest BCUT2D eigenvalue weighted by atomic mass is 9.76. The summed E-state index contributed by atoms with van der Waals surface area (Å²) in [6.45, 7) is 3.90. The Balaban J connectivity index is 1.59. The quantitative estimate of drug-likeness (QED) is 0.571. The van der Waals surface area contributed by atoms with Crippen molar-refractivity contribution < 1.29 is 23.9 Å². The largest absolute Gasteiger partial charge is 0.497 e. The smallest absolute Gasteiger partial charge is 0.250 e. The van der Waals surface area contributed by atoms with Gasteiger partial charge in [-0.15, -0.1) is 0 Å². The minimum Gasteiger partial charge on any atom is -0.497 e. The average molecular weight is 463 g/mol. The number of methoxy groups -OCH3 is 1. The Morgan fingerprint density at radius 2 is 1.79 bits per heavy atom. The molecule has 9 heteroatoms. The Labute approximate surface area is 196 Å². The molecular formula is C25H26N4O5. The minimum atomic E-state index is -1.44. The Hall–Kier alpha value is -3.72. The summed E-state index contributed by atoms with van der Waals surface area (Å²) in [4.78, 5) is 53.9. The van der Waals surface area contributed by atoms with Gasteiger partial charge in [0.2, 0.25) is 23.6 Å². The lowest BCUT2D eigenvalue weighted by molar-refractivity contribution is -0.143. The van der Waals surface area contributed by atoms with Crippen molar-refractivity contribution in [1.82, 2.24) is 10.2 Å². The van der Waals surface area contributed by atoms with Crippen LogP contribution in [0.3, 0.4) is 0 Å². The number of rotatable bonds is 5. The van der Waals surface area contributed by atoms with E-state index in [0.717, 1.165) is 16.7 Å². The number of hydrogen-bond donors (Lipinski definition) is 3. The van der Waals surface area contributed by atoms with Crippen molar-refractivity contribution in [3.8, 4) is 5.75 Å². The predicted octanol–water partition coefficient (Wildman–Crippen LogP) is 1.11. The number of aryl methyl sites for hydroxylation is 1. The van der Waals surface area contributed by atoms with Crippen LogP contribution in [0, 0.1) is 25.7 Å². The highest BCUT2D eigenvalue weighted by Gasteiger charge is 2.70. The molecule has 34 heavy (non-hydrogen) atoms. The van der Waals surface area contributed by atoms with E-state index < -0.39 is 47.0 Å². The number of amides is 4. The van der Waals surface area contributed by atoms with Crippen molar-refractivity contribution in [2.24, 2.45) is 17.6 Å². The van der Waals surface area contributed by atoms with Crippen LogP contribution in [0.5, 0.6) is 5.75 Å². The molecule has 4 atom stereocenters. The van der Waals surface area contributed by atoms with Gasteiger partial charge in [-0.3, -0.25) is 29.4 Å². The topological polar surface area (TPSA) is 131 Å². The molecule has 9 nitrogen and oxygen atoms in total. The number of primary amides is 1. The number of anilines is 1. The van der Waals surface area contributed by atoms with Crippen LogP contribution in [0.4, 0.5) is 5.69 Å². The van der Waals surface area contributed by atoms with Crippen LogP contribution in [-0.4, -0.2) is 41.7 Å². The van der Waals surface area contributed by atoms with Gasteiger partial charge in [0.1, 0.15) is 11.3 Å². The summed E-state index contributed by atoms with van der Waals surface area (Å²) in [7, 11) is 1.56. The number of likely N-dealkylation sites (tertiary alicyclic amines) is 1. The van der Waals surface area contributed by atoms with Crippen molar-refractivity contribution in [2.45, 2.75) is 38.4 Å². The zero-order valence-corrected chi connectivity index (χ0v) is 19.2. The summed E-state index contributed by atoms with van der Waals surface area (Å²) < 4.78 is 5.18. The zero-order chi connectivity index (χ0) is 24.4. The molecule has 3 heterocycles. The van der Waals surface area contributed by atoms with E-state index in [1.807, 2.05) is 26.0 Å². The number of nitrogens with two attached hydrogens (primary N) is 1. The van der Waals surface area contributed by atoms with Crippen molar-refractivity contribution in [1.29, 1.82) is 0 Å². The van der Waals surface area contributed by atoms with E-state index in [9.17, 15) is 19.2 Å². The fraction of sp³-hybridized carbons (Fsp3) is 0.360. The van der Waals surface area contributed by atoms with E-state index in [1.54, 1.807) is 31.4 Å². The van der Waals surface area contributed by atoms with Crippen LogP contribution < -0.4 is 21.1 Å². The van der Waals surface area contributed by atoms with Crippen molar-refractivity contribution in [2.75, 3.05) is 12.4 Å². The number of nitrogens with zero attached hydrogens (tertiary/aromatic N) is 1. The molecule has 4 amide bonds. The molecule has 0 radical (unpaired) electrons. The van der Waals surface area contributed by atoms with Crippen LogP contribution in [0.2, 0.25) is 0 Å². The van der Waals surface area contributed by atoms with Crippen LogP contribution in [0.1, 0.15) is 28.7 Å². The first-order valence-electron chi connectivity index (χ1n) is 11.1. The van der Waals surface area contributed by atoms with Crippen molar-refractivity contribution in [3.63, 3.8) is 0 Å². The summed E-state index contributed by atoms with van der Waals surface area (Å²) in [6.07, 6.45) is -0.161. The number of hydrogen-bond acceptors (Lipinski definition) is 6. The van der Waals surface area contributed by atoms with Gasteiger partial charge >= 0.3 is 0 Å². The molecule has 3 aliphatic heterocycles. The molecule has 3 aliphatic rings. The maximum atomic E-state index is 13.8. The number of nitrogens with one attached hydrogen (secondary N) is 2. The molecular weight excluding hydrogens is 436 g/mol. The lowest BCUT2D eigenvalue weighted by Gasteiger charge is -2.29. The van der Waals surface area contributed by atoms with Crippen LogP contribution in [-0.2, 0) is 31.3 Å². The van der Waals surface area contributed by atoms with Crippen molar-refractivity contribution in [3.05, 3.63) is 58.7 Å². The van der Waals surface area contributed by atoms with E-state index in [1.165, 1.54) is 4.90 Å². The molecule has 0 aromatic heterocycles. The summed E-state index contributed by atoms with van der Waals surface area (Å²) in [5.41, 5.74) is 7.94. The molecule has 0 aliphatic carbocycles. The first-order valence-corrected chi connectivity index (χ1v) is 11.1. The highest BCUT2D eigenvalue weighted by atomic mass is 16.5. The van der Waals surface area contributed by atoms with E-state index in [4.69, 9.17) is 10.5 Å². The summed E-state index contributed by atoms with van der Waals surface area (Å²) in [6, 6.07) is 10.1. The SMILES string of the molecule is COc1ccc(CN2C(=O)C3C(CC(N)=O)NC4(C(=O)Nc5c4ccc(C)c5C)C3C2=O)cc1. The first kappa shape index (κ1) is 22.1. The van der Waals surface area contributed by atoms with Gasteiger partial charge in [0.25, 0.3) is 0 Å². The summed E-state index contributed by atoms with van der Waals surface area (Å²) >= 11 is 0. The normalized spacial score (nSPS) is 27.2. The van der Waals surface area contributed by atoms with Crippen LogP contribution in [0.15, 0.2) is 36.4 Å². The molecule has 1 spiro atoms. The second-order valence-corrected chi connectivity index (χ2v) is 9.23. The van der Waals surface area contributed by atoms with Gasteiger partial charge in [0.05, 0.1) is 25.5 Å². The standard InChI is InChI=1S/C25H26N4O5/c1-12-4-9-16-21(13(12)2)27-24(33)25(16)20-19(17(28-25)10-18(26)30)22(31)29(23(20)32)11-14-5-7-15(34-3)8-6-14/h4-9,17,19-20,28H,10-11H2,1-3H3,(H2,26,30)(H,27,33). The van der Waals surface area contributed by atoms with Gasteiger partial charge in [0, 0.05) is 23.7 Å². The third kappa shape index (κ3) is 2.96. The van der Waals surface area contributed by atoms with E-state index >= 15 is 0 Å². The number of fused-ring (bicyclic) bond motifs is 4. The molecule has 2 aromatic rings. The first-order chi connectivity index (χ1) is 16.2. The Bertz CT molecular complexity index is 1240. The lowest BCUT2D eigenvalue weighted by Crippen LogP contribution is -2.53. The van der Waals surface area contributed by atoms with Gasteiger partial charge in [-0.05, 0) is 42.7 Å². The van der Waals surface area contributed by atoms with E-state index in [-0.39, 0.29) is 13.0 Å². The summed E-state index contributed by atoms with van der Waals surface area (Å²) in [5, 5.41) is 6.14. The van der Waals surface area contributed by atoms with Crippen molar-refractivity contribution >= 4 is 29.3 Å². The molecule has 176 valence electrons. The summed E-state index contributed by atoms with van der Waals surface area (Å²) in [5.74, 6) is -3.05. The second kappa shape index (κ2) is 7.66. The fourth-order valence-electron chi connectivity index (χ4n) is 5.64. The number of ether oxygens (including phenoxy) is 1. The third-order valence-corrected chi connectivity index (χ3v) is 7.43. The number of imide groups is 1. The van der Waals surface area contributed by atoms with Crippen LogP contribution in [0.25, 0.3) is 0 Å². The molecule has 2 aromatic carbocycles. The molecule has 4 unspecified atom stereocenters. The Morgan fingerprint density at radius 1 is 1.09 bits per heavy atom.